The molecule has 27 heavy (non-hydrogen) atoms. The van der Waals surface area contributed by atoms with Crippen molar-refractivity contribution in [3.63, 3.8) is 0 Å². The molecule has 0 N–H and O–H groups in total. The van der Waals surface area contributed by atoms with Gasteiger partial charge in [0.15, 0.2) is 5.78 Å². The van der Waals surface area contributed by atoms with E-state index in [0.717, 1.165) is 0 Å². The van der Waals surface area contributed by atoms with E-state index in [1.54, 1.807) is 36.4 Å². The van der Waals surface area contributed by atoms with E-state index in [1.807, 2.05) is 0 Å². The van der Waals surface area contributed by atoms with Gasteiger partial charge in [0, 0.05) is 11.8 Å². The number of hydrogen-bond acceptors (Lipinski definition) is 5. The molecule has 1 aromatic heterocycles. The third-order valence-electron chi connectivity index (χ3n) is 3.78. The van der Waals surface area contributed by atoms with Gasteiger partial charge >= 0.3 is 5.97 Å². The number of benzene rings is 2. The van der Waals surface area contributed by atoms with Crippen LogP contribution in [0.2, 0.25) is 0 Å². The molecule has 138 valence electrons. The maximum atomic E-state index is 13.2. The minimum atomic E-state index is -0.670. The summed E-state index contributed by atoms with van der Waals surface area (Å²) in [7, 11) is 1.54. The quantitative estimate of drug-likeness (QED) is 0.624. The average Bonchev–Trinajstić information content (AvgIpc) is 3.12. The van der Waals surface area contributed by atoms with Crippen LogP contribution in [0.3, 0.4) is 0 Å². The maximum Gasteiger partial charge on any atom is 0.342 e. The summed E-state index contributed by atoms with van der Waals surface area (Å²) in [5, 5.41) is 4.46. The fourth-order valence-electron chi connectivity index (χ4n) is 2.48. The second-order valence-corrected chi connectivity index (χ2v) is 5.82. The number of aromatic nitrogens is 2. The van der Waals surface area contributed by atoms with Crippen molar-refractivity contribution in [2.45, 2.75) is 6.92 Å². The summed E-state index contributed by atoms with van der Waals surface area (Å²) in [6.45, 7) is 1.01. The van der Waals surface area contributed by atoms with Gasteiger partial charge in [-0.1, -0.05) is 12.1 Å². The van der Waals surface area contributed by atoms with Crippen molar-refractivity contribution < 1.29 is 23.5 Å². The molecule has 0 aliphatic rings. The van der Waals surface area contributed by atoms with Crippen LogP contribution in [-0.4, -0.2) is 35.2 Å². The number of methoxy groups -OCH3 is 1. The zero-order chi connectivity index (χ0) is 19.4. The van der Waals surface area contributed by atoms with E-state index >= 15 is 0 Å². The standard InChI is InChI=1S/C20H17FN2O4/c1-13(24)12-27-20(25)18-11-23(16-8-6-15(21)7-9-16)22-19(18)14-4-3-5-17(10-14)26-2/h3-11H,12H2,1-2H3. The van der Waals surface area contributed by atoms with Crippen LogP contribution in [0.1, 0.15) is 17.3 Å². The predicted molar refractivity (Wildman–Crippen MR) is 96.5 cm³/mol. The Hall–Kier alpha value is -3.48. The first kappa shape index (κ1) is 18.3. The second-order valence-electron chi connectivity index (χ2n) is 5.82. The lowest BCUT2D eigenvalue weighted by Crippen LogP contribution is -2.11. The van der Waals surface area contributed by atoms with E-state index in [9.17, 15) is 14.0 Å². The lowest BCUT2D eigenvalue weighted by atomic mass is 10.1. The van der Waals surface area contributed by atoms with E-state index in [4.69, 9.17) is 9.47 Å². The zero-order valence-corrected chi connectivity index (χ0v) is 14.8. The van der Waals surface area contributed by atoms with Gasteiger partial charge in [0.1, 0.15) is 29.4 Å². The molecule has 6 nitrogen and oxygen atoms in total. The van der Waals surface area contributed by atoms with Gasteiger partial charge in [-0.2, -0.15) is 5.10 Å². The number of esters is 1. The van der Waals surface area contributed by atoms with Gasteiger partial charge in [-0.05, 0) is 43.3 Å². The number of rotatable bonds is 6. The Morgan fingerprint density at radius 2 is 1.89 bits per heavy atom. The van der Waals surface area contributed by atoms with Crippen LogP contribution in [0, 0.1) is 5.82 Å². The summed E-state index contributed by atoms with van der Waals surface area (Å²) in [6.07, 6.45) is 1.49. The predicted octanol–water partition coefficient (Wildman–Crippen LogP) is 3.43. The van der Waals surface area contributed by atoms with Gasteiger partial charge in [0.25, 0.3) is 0 Å². The molecule has 0 bridgehead atoms. The summed E-state index contributed by atoms with van der Waals surface area (Å²) in [6, 6.07) is 12.8. The van der Waals surface area contributed by atoms with Gasteiger partial charge in [-0.15, -0.1) is 0 Å². The first-order chi connectivity index (χ1) is 13.0. The zero-order valence-electron chi connectivity index (χ0n) is 14.8. The smallest absolute Gasteiger partial charge is 0.342 e. The summed E-state index contributed by atoms with van der Waals surface area (Å²) < 4.78 is 24.9. The number of halogens is 1. The Morgan fingerprint density at radius 3 is 2.56 bits per heavy atom. The molecule has 1 heterocycles. The molecule has 0 unspecified atom stereocenters. The molecule has 0 saturated carbocycles. The third kappa shape index (κ3) is 4.20. The number of nitrogens with zero attached hydrogens (tertiary/aromatic N) is 2. The second kappa shape index (κ2) is 7.82. The lowest BCUT2D eigenvalue weighted by Gasteiger charge is -2.05. The highest BCUT2D eigenvalue weighted by atomic mass is 19.1. The molecule has 3 aromatic rings. The van der Waals surface area contributed by atoms with Crippen LogP contribution in [0.5, 0.6) is 5.75 Å². The van der Waals surface area contributed by atoms with Crippen LogP contribution in [0.25, 0.3) is 16.9 Å². The number of Topliss-reactive ketones (excluding diaryl/α,β-unsaturated/α-hetero) is 1. The minimum absolute atomic E-state index is 0.189. The molecule has 2 aromatic carbocycles. The molecule has 0 amide bonds. The van der Waals surface area contributed by atoms with Crippen molar-refractivity contribution in [2.75, 3.05) is 13.7 Å². The molecular weight excluding hydrogens is 351 g/mol. The van der Waals surface area contributed by atoms with Crippen molar-refractivity contribution >= 4 is 11.8 Å². The molecule has 0 aliphatic heterocycles. The Morgan fingerprint density at radius 1 is 1.15 bits per heavy atom. The highest BCUT2D eigenvalue weighted by Gasteiger charge is 2.21. The molecule has 0 aliphatic carbocycles. The molecule has 0 radical (unpaired) electrons. The van der Waals surface area contributed by atoms with E-state index in [2.05, 4.69) is 5.10 Å². The first-order valence-corrected chi connectivity index (χ1v) is 8.14. The maximum absolute atomic E-state index is 13.2. The Labute approximate surface area is 155 Å². The largest absolute Gasteiger partial charge is 0.497 e. The van der Waals surface area contributed by atoms with Gasteiger partial charge in [-0.3, -0.25) is 4.79 Å². The average molecular weight is 368 g/mol. The van der Waals surface area contributed by atoms with Gasteiger partial charge < -0.3 is 9.47 Å². The molecule has 0 atom stereocenters. The number of carbonyl (C=O) groups is 2. The fraction of sp³-hybridized carbons (Fsp3) is 0.150. The van der Waals surface area contributed by atoms with Gasteiger partial charge in [-0.25, -0.2) is 13.9 Å². The Kier molecular flexibility index (Phi) is 5.30. The van der Waals surface area contributed by atoms with Gasteiger partial charge in [0.2, 0.25) is 0 Å². The minimum Gasteiger partial charge on any atom is -0.497 e. The number of carbonyl (C=O) groups excluding carboxylic acids is 2. The number of ketones is 1. The van der Waals surface area contributed by atoms with Crippen molar-refractivity contribution in [3.8, 4) is 22.7 Å². The van der Waals surface area contributed by atoms with E-state index in [1.165, 1.54) is 37.0 Å². The Bertz CT molecular complexity index is 980. The topological polar surface area (TPSA) is 70.4 Å². The molecule has 0 fully saturated rings. The molecule has 3 rings (SSSR count). The van der Waals surface area contributed by atoms with Crippen molar-refractivity contribution in [2.24, 2.45) is 0 Å². The highest BCUT2D eigenvalue weighted by molar-refractivity contribution is 5.97. The van der Waals surface area contributed by atoms with Crippen molar-refractivity contribution in [3.05, 3.63) is 66.1 Å². The molecule has 0 saturated heterocycles. The fourth-order valence-corrected chi connectivity index (χ4v) is 2.48. The van der Waals surface area contributed by atoms with Gasteiger partial charge in [0.05, 0.1) is 12.8 Å². The van der Waals surface area contributed by atoms with Crippen molar-refractivity contribution in [1.82, 2.24) is 9.78 Å². The summed E-state index contributed by atoms with van der Waals surface area (Å²) in [5.74, 6) is -0.708. The number of hydrogen-bond donors (Lipinski definition) is 0. The van der Waals surface area contributed by atoms with Crippen LogP contribution >= 0.6 is 0 Å². The van der Waals surface area contributed by atoms with E-state index < -0.39 is 5.97 Å². The lowest BCUT2D eigenvalue weighted by molar-refractivity contribution is -0.120. The SMILES string of the molecule is COc1cccc(-c2nn(-c3ccc(F)cc3)cc2C(=O)OCC(C)=O)c1. The van der Waals surface area contributed by atoms with Crippen LogP contribution < -0.4 is 4.74 Å². The summed E-state index contributed by atoms with van der Waals surface area (Å²) in [5.41, 5.74) is 1.77. The first-order valence-electron chi connectivity index (χ1n) is 8.14. The molecule has 0 spiro atoms. The van der Waals surface area contributed by atoms with E-state index in [0.29, 0.717) is 22.7 Å². The van der Waals surface area contributed by atoms with E-state index in [-0.39, 0.29) is 23.8 Å². The monoisotopic (exact) mass is 368 g/mol. The molecular formula is C20H17FN2O4. The molecule has 7 heteroatoms. The van der Waals surface area contributed by atoms with Crippen LogP contribution in [0.4, 0.5) is 4.39 Å². The van der Waals surface area contributed by atoms with Crippen molar-refractivity contribution in [1.29, 1.82) is 0 Å². The van der Waals surface area contributed by atoms with Crippen LogP contribution in [0.15, 0.2) is 54.7 Å². The summed E-state index contributed by atoms with van der Waals surface area (Å²) in [4.78, 5) is 23.6. The Balaban J connectivity index is 2.06. The summed E-state index contributed by atoms with van der Waals surface area (Å²) >= 11 is 0. The highest BCUT2D eigenvalue weighted by Crippen LogP contribution is 2.27. The number of ether oxygens (including phenoxy) is 2. The van der Waals surface area contributed by atoms with Crippen LogP contribution in [-0.2, 0) is 9.53 Å². The normalized spacial score (nSPS) is 10.5. The third-order valence-corrected chi connectivity index (χ3v) is 3.78.